The summed E-state index contributed by atoms with van der Waals surface area (Å²) < 4.78 is 1.79. The highest BCUT2D eigenvalue weighted by molar-refractivity contribution is 5.85. The smallest absolute Gasteiger partial charge is 0.182 e. The van der Waals surface area contributed by atoms with Crippen molar-refractivity contribution in [3.05, 3.63) is 61.3 Å². The predicted octanol–water partition coefficient (Wildman–Crippen LogP) is 2.85. The molecule has 0 spiro atoms. The molecule has 2 aromatic carbocycles. The first kappa shape index (κ1) is 10.9. The number of nitrogens with zero attached hydrogens (tertiary/aromatic N) is 4. The van der Waals surface area contributed by atoms with E-state index in [4.69, 9.17) is 0 Å². The van der Waals surface area contributed by atoms with Crippen LogP contribution in [-0.2, 0) is 0 Å². The summed E-state index contributed by atoms with van der Waals surface area (Å²) in [6, 6.07) is 14.5. The molecule has 96 valence electrons. The summed E-state index contributed by atoms with van der Waals surface area (Å²) >= 11 is 0. The molecular formula is C15H11N5. The van der Waals surface area contributed by atoms with E-state index in [1.807, 2.05) is 18.2 Å². The second kappa shape index (κ2) is 4.31. The minimum Gasteiger partial charge on any atom is -0.291 e. The fraction of sp³-hybridized carbons (Fsp3) is 0. The fourth-order valence-electron chi connectivity index (χ4n) is 2.25. The van der Waals surface area contributed by atoms with E-state index in [9.17, 15) is 0 Å². The maximum Gasteiger partial charge on any atom is 0.182 e. The first-order chi connectivity index (χ1) is 9.90. The lowest BCUT2D eigenvalue weighted by Gasteiger charge is -2.08. The minimum absolute atomic E-state index is 0.758. The lowest BCUT2D eigenvalue weighted by molar-refractivity contribution is 0.967. The number of nitrogens with one attached hydrogen (secondary N) is 1. The van der Waals surface area contributed by atoms with Gasteiger partial charge in [-0.1, -0.05) is 30.3 Å². The Hall–Kier alpha value is -2.95. The van der Waals surface area contributed by atoms with E-state index in [0.717, 1.165) is 16.9 Å². The van der Waals surface area contributed by atoms with Crippen LogP contribution < -0.4 is 5.43 Å². The molecule has 0 saturated heterocycles. The lowest BCUT2D eigenvalue weighted by atomic mass is 10.1. The van der Waals surface area contributed by atoms with Crippen LogP contribution in [0.2, 0.25) is 0 Å². The maximum absolute atomic E-state index is 4.25. The van der Waals surface area contributed by atoms with Gasteiger partial charge in [-0.3, -0.25) is 5.43 Å². The van der Waals surface area contributed by atoms with Gasteiger partial charge in [-0.05, 0) is 22.9 Å². The molecule has 0 atom stereocenters. The summed E-state index contributed by atoms with van der Waals surface area (Å²) in [5, 5.41) is 2.41. The summed E-state index contributed by atoms with van der Waals surface area (Å²) in [6.45, 7) is 0. The number of imidazole rings is 1. The molecule has 2 heterocycles. The third-order valence-corrected chi connectivity index (χ3v) is 3.21. The average Bonchev–Trinajstić information content (AvgIpc) is 2.91. The van der Waals surface area contributed by atoms with Gasteiger partial charge in [0.25, 0.3) is 0 Å². The van der Waals surface area contributed by atoms with Crippen molar-refractivity contribution in [3.63, 3.8) is 0 Å². The summed E-state index contributed by atoms with van der Waals surface area (Å²) in [5.41, 5.74) is 5.79. The van der Waals surface area contributed by atoms with Crippen LogP contribution >= 0.6 is 0 Å². The molecule has 5 nitrogen and oxygen atoms in total. The highest BCUT2D eigenvalue weighted by atomic mass is 15.4. The minimum atomic E-state index is 0.758. The zero-order valence-corrected chi connectivity index (χ0v) is 10.6. The SMILES string of the molecule is c1ccc2cc(Nn3cnc4cncnc43)ccc2c1. The topological polar surface area (TPSA) is 55.6 Å². The molecule has 0 aliphatic heterocycles. The first-order valence-corrected chi connectivity index (χ1v) is 6.29. The second-order valence-electron chi connectivity index (χ2n) is 4.52. The van der Waals surface area contributed by atoms with Crippen molar-refractivity contribution >= 4 is 27.6 Å². The summed E-state index contributed by atoms with van der Waals surface area (Å²) in [5.74, 6) is 0. The molecule has 5 heteroatoms. The maximum atomic E-state index is 4.25. The monoisotopic (exact) mass is 261 g/mol. The molecule has 0 aliphatic rings. The molecule has 0 saturated carbocycles. The Morgan fingerprint density at radius 1 is 0.950 bits per heavy atom. The molecule has 0 amide bonds. The van der Waals surface area contributed by atoms with Gasteiger partial charge in [0.15, 0.2) is 5.65 Å². The van der Waals surface area contributed by atoms with Gasteiger partial charge < -0.3 is 0 Å². The van der Waals surface area contributed by atoms with Crippen LogP contribution in [-0.4, -0.2) is 19.6 Å². The zero-order chi connectivity index (χ0) is 13.4. The highest BCUT2D eigenvalue weighted by Gasteiger charge is 2.03. The van der Waals surface area contributed by atoms with Gasteiger partial charge in [-0.2, -0.15) is 0 Å². The van der Waals surface area contributed by atoms with Crippen molar-refractivity contribution in [1.29, 1.82) is 0 Å². The van der Waals surface area contributed by atoms with Crippen LogP contribution in [0.5, 0.6) is 0 Å². The lowest BCUT2D eigenvalue weighted by Crippen LogP contribution is -2.08. The summed E-state index contributed by atoms with van der Waals surface area (Å²) in [7, 11) is 0. The van der Waals surface area contributed by atoms with E-state index in [2.05, 4.69) is 44.6 Å². The molecule has 0 unspecified atom stereocenters. The molecular weight excluding hydrogens is 250 g/mol. The van der Waals surface area contributed by atoms with Gasteiger partial charge in [0.05, 0.1) is 11.9 Å². The van der Waals surface area contributed by atoms with E-state index in [0.29, 0.717) is 0 Å². The predicted molar refractivity (Wildman–Crippen MR) is 78.3 cm³/mol. The van der Waals surface area contributed by atoms with E-state index in [-0.39, 0.29) is 0 Å². The van der Waals surface area contributed by atoms with Gasteiger partial charge in [-0.25, -0.2) is 19.6 Å². The highest BCUT2D eigenvalue weighted by Crippen LogP contribution is 2.19. The van der Waals surface area contributed by atoms with Crippen LogP contribution in [0, 0.1) is 0 Å². The standard InChI is InChI=1S/C15H11N5/c1-2-4-12-7-13(6-5-11(12)3-1)19-20-10-18-14-8-16-9-17-15(14)20/h1-10,19H. The normalized spacial score (nSPS) is 11.0. The quantitative estimate of drug-likeness (QED) is 0.603. The van der Waals surface area contributed by atoms with Crippen molar-refractivity contribution < 1.29 is 0 Å². The van der Waals surface area contributed by atoms with Crippen LogP contribution in [0.3, 0.4) is 0 Å². The second-order valence-corrected chi connectivity index (χ2v) is 4.52. The average molecular weight is 261 g/mol. The fourth-order valence-corrected chi connectivity index (χ4v) is 2.25. The van der Waals surface area contributed by atoms with E-state index in [1.165, 1.54) is 17.1 Å². The molecule has 2 aromatic heterocycles. The molecule has 0 bridgehead atoms. The third kappa shape index (κ3) is 1.76. The van der Waals surface area contributed by atoms with Crippen LogP contribution in [0.1, 0.15) is 0 Å². The van der Waals surface area contributed by atoms with Gasteiger partial charge in [0.1, 0.15) is 18.2 Å². The molecule has 0 fully saturated rings. The summed E-state index contributed by atoms with van der Waals surface area (Å²) in [4.78, 5) is 12.4. The number of hydrogen-bond donors (Lipinski definition) is 1. The van der Waals surface area contributed by atoms with Crippen molar-refractivity contribution in [1.82, 2.24) is 19.6 Å². The van der Waals surface area contributed by atoms with Crippen LogP contribution in [0.4, 0.5) is 5.69 Å². The number of hydrogen-bond acceptors (Lipinski definition) is 4. The van der Waals surface area contributed by atoms with Crippen molar-refractivity contribution in [3.8, 4) is 0 Å². The van der Waals surface area contributed by atoms with Gasteiger partial charge in [0, 0.05) is 0 Å². The number of rotatable bonds is 2. The van der Waals surface area contributed by atoms with E-state index in [1.54, 1.807) is 17.2 Å². The Labute approximate surface area is 114 Å². The Morgan fingerprint density at radius 3 is 2.80 bits per heavy atom. The van der Waals surface area contributed by atoms with Gasteiger partial charge >= 0.3 is 0 Å². The Morgan fingerprint density at radius 2 is 1.85 bits per heavy atom. The van der Waals surface area contributed by atoms with E-state index >= 15 is 0 Å². The van der Waals surface area contributed by atoms with Crippen molar-refractivity contribution in [2.45, 2.75) is 0 Å². The van der Waals surface area contributed by atoms with Crippen molar-refractivity contribution in [2.24, 2.45) is 0 Å². The first-order valence-electron chi connectivity index (χ1n) is 6.29. The molecule has 0 radical (unpaired) electrons. The third-order valence-electron chi connectivity index (χ3n) is 3.21. The largest absolute Gasteiger partial charge is 0.291 e. The van der Waals surface area contributed by atoms with Crippen LogP contribution in [0.15, 0.2) is 61.3 Å². The number of benzene rings is 2. The van der Waals surface area contributed by atoms with Gasteiger partial charge in [0.2, 0.25) is 0 Å². The van der Waals surface area contributed by atoms with E-state index < -0.39 is 0 Å². The number of aromatic nitrogens is 4. The summed E-state index contributed by atoms with van der Waals surface area (Å²) in [6.07, 6.45) is 4.91. The zero-order valence-electron chi connectivity index (χ0n) is 10.6. The van der Waals surface area contributed by atoms with Crippen LogP contribution in [0.25, 0.3) is 21.9 Å². The molecule has 4 rings (SSSR count). The Balaban J connectivity index is 1.76. The number of anilines is 1. The Kier molecular flexibility index (Phi) is 2.35. The molecule has 20 heavy (non-hydrogen) atoms. The van der Waals surface area contributed by atoms with Gasteiger partial charge in [-0.15, -0.1) is 0 Å². The van der Waals surface area contributed by atoms with Crippen molar-refractivity contribution in [2.75, 3.05) is 5.43 Å². The molecule has 4 aromatic rings. The number of fused-ring (bicyclic) bond motifs is 2. The molecule has 0 aliphatic carbocycles. The molecule has 1 N–H and O–H groups in total. The Bertz CT molecular complexity index is 897.